The Kier molecular flexibility index (Phi) is 8.56. The van der Waals surface area contributed by atoms with Crippen molar-refractivity contribution in [1.82, 2.24) is 34.7 Å². The van der Waals surface area contributed by atoms with Gasteiger partial charge in [0.05, 0.1) is 40.0 Å². The third kappa shape index (κ3) is 6.52. The molecule has 0 unspecified atom stereocenters. The molecule has 0 saturated heterocycles. The standard InChI is InChI=1S/C34H38ClF2N9O3S/c1-33(2,3)18-34(22-7-4-20(5-8-22)26-17-40-46(43-26)23-9-10-23)31(47)44(32(38)42-34)27(14-15-50(48,49)24-11-12-24)21-6-13-25(35)28(16-21)45-30(29(36)37)39-19-41-45/h4-8,13,16-17,19,23-24,27,29H,9-12,14-15,18H2,1-3H3,(H2,38,42)/t27-,34-/m1/s1. The van der Waals surface area contributed by atoms with Crippen LogP contribution in [-0.4, -0.2) is 65.9 Å². The molecule has 0 radical (unpaired) electrons. The molecule has 0 bridgehead atoms. The fraction of sp³-hybridized carbons (Fsp3) is 0.471. The van der Waals surface area contributed by atoms with Gasteiger partial charge in [0, 0.05) is 5.56 Å². The highest BCUT2D eigenvalue weighted by Gasteiger charge is 2.53. The SMILES string of the molecule is CC(C)(C)C[C@]1(c2ccc(-c3cnn(C4CC4)n3)cc2)N=C(N)N([C@H](CCS(=O)(=O)C2CC2)c2ccc(Cl)c(-n3ncnc3C(F)F)c2)C1=O. The minimum atomic E-state index is -3.46. The third-order valence-corrected chi connectivity index (χ3v) is 11.9. The van der Waals surface area contributed by atoms with Gasteiger partial charge in [-0.1, -0.05) is 62.7 Å². The maximum Gasteiger partial charge on any atom is 0.297 e. The number of guanidine groups is 1. The molecule has 3 heterocycles. The van der Waals surface area contributed by atoms with E-state index in [-0.39, 0.29) is 28.8 Å². The van der Waals surface area contributed by atoms with E-state index < -0.39 is 50.2 Å². The van der Waals surface area contributed by atoms with Crippen molar-refractivity contribution >= 4 is 33.3 Å². The number of carbonyl (C=O) groups excluding carboxylic acids is 1. The molecule has 0 spiro atoms. The van der Waals surface area contributed by atoms with Crippen LogP contribution in [0.4, 0.5) is 8.78 Å². The summed E-state index contributed by atoms with van der Waals surface area (Å²) < 4.78 is 54.9. The van der Waals surface area contributed by atoms with E-state index in [1.54, 1.807) is 17.1 Å². The normalized spacial score (nSPS) is 20.5. The van der Waals surface area contributed by atoms with Crippen molar-refractivity contribution in [2.24, 2.45) is 16.1 Å². The third-order valence-electron chi connectivity index (χ3n) is 9.32. The lowest BCUT2D eigenvalue weighted by atomic mass is 9.75. The van der Waals surface area contributed by atoms with Crippen LogP contribution in [0.25, 0.3) is 16.9 Å². The minimum absolute atomic E-state index is 0.0118. The summed E-state index contributed by atoms with van der Waals surface area (Å²) in [6.07, 6.45) is 3.37. The highest BCUT2D eigenvalue weighted by Crippen LogP contribution is 2.46. The fourth-order valence-electron chi connectivity index (χ4n) is 6.68. The van der Waals surface area contributed by atoms with Crippen molar-refractivity contribution < 1.29 is 22.0 Å². The molecule has 2 atom stereocenters. The Morgan fingerprint density at radius 1 is 1.06 bits per heavy atom. The van der Waals surface area contributed by atoms with Crippen LogP contribution >= 0.6 is 11.6 Å². The van der Waals surface area contributed by atoms with E-state index in [4.69, 9.17) is 22.3 Å². The maximum absolute atomic E-state index is 15.0. The monoisotopic (exact) mass is 725 g/mol. The van der Waals surface area contributed by atoms with Crippen molar-refractivity contribution in [3.63, 3.8) is 0 Å². The quantitative estimate of drug-likeness (QED) is 0.188. The summed E-state index contributed by atoms with van der Waals surface area (Å²) in [5.41, 5.74) is 7.55. The average molecular weight is 726 g/mol. The van der Waals surface area contributed by atoms with Gasteiger partial charge in [-0.15, -0.1) is 0 Å². The Labute approximate surface area is 293 Å². The first-order valence-corrected chi connectivity index (χ1v) is 18.7. The number of aromatic nitrogens is 6. The van der Waals surface area contributed by atoms with Gasteiger partial charge in [-0.3, -0.25) is 9.69 Å². The van der Waals surface area contributed by atoms with Crippen LogP contribution in [0.5, 0.6) is 0 Å². The van der Waals surface area contributed by atoms with E-state index in [9.17, 15) is 22.0 Å². The van der Waals surface area contributed by atoms with Gasteiger partial charge in [0.2, 0.25) is 0 Å². The van der Waals surface area contributed by atoms with Crippen molar-refractivity contribution in [2.45, 2.75) is 88.6 Å². The van der Waals surface area contributed by atoms with Crippen LogP contribution in [0.2, 0.25) is 5.02 Å². The smallest absolute Gasteiger partial charge is 0.297 e. The summed E-state index contributed by atoms with van der Waals surface area (Å²) in [6.45, 7) is 6.01. The summed E-state index contributed by atoms with van der Waals surface area (Å²) in [5.74, 6) is -1.32. The van der Waals surface area contributed by atoms with Crippen LogP contribution in [0.1, 0.15) is 94.8 Å². The zero-order valence-corrected chi connectivity index (χ0v) is 29.4. The molecular weight excluding hydrogens is 688 g/mol. The molecule has 16 heteroatoms. The lowest BCUT2D eigenvalue weighted by Crippen LogP contribution is -2.46. The Morgan fingerprint density at radius 2 is 1.78 bits per heavy atom. The lowest BCUT2D eigenvalue weighted by Gasteiger charge is -2.35. The number of nitrogens with zero attached hydrogens (tertiary/aromatic N) is 8. The van der Waals surface area contributed by atoms with Crippen LogP contribution < -0.4 is 5.73 Å². The van der Waals surface area contributed by atoms with Crippen molar-refractivity contribution in [2.75, 3.05) is 5.75 Å². The number of hydrogen-bond acceptors (Lipinski definition) is 9. The zero-order valence-electron chi connectivity index (χ0n) is 27.9. The van der Waals surface area contributed by atoms with Gasteiger partial charge in [-0.25, -0.2) is 31.9 Å². The van der Waals surface area contributed by atoms with Crippen LogP contribution in [0.15, 0.2) is 60.0 Å². The van der Waals surface area contributed by atoms with Gasteiger partial charge in [-0.2, -0.15) is 20.1 Å². The maximum atomic E-state index is 15.0. The molecule has 7 rings (SSSR count). The second-order valence-corrected chi connectivity index (χ2v) is 17.3. The molecular formula is C34H38ClF2N9O3S. The van der Waals surface area contributed by atoms with Gasteiger partial charge in [0.25, 0.3) is 12.3 Å². The number of rotatable bonds is 12. The summed E-state index contributed by atoms with van der Waals surface area (Å²) in [4.78, 5) is 26.6. The molecule has 12 nitrogen and oxygen atoms in total. The summed E-state index contributed by atoms with van der Waals surface area (Å²) in [5, 5.41) is 12.7. The Morgan fingerprint density at radius 3 is 2.42 bits per heavy atom. The first-order valence-electron chi connectivity index (χ1n) is 16.6. The number of nitrogens with two attached hydrogens (primary N) is 1. The number of benzene rings is 2. The molecule has 2 aromatic carbocycles. The first kappa shape index (κ1) is 34.2. The van der Waals surface area contributed by atoms with Gasteiger partial charge < -0.3 is 5.73 Å². The second kappa shape index (κ2) is 12.5. The van der Waals surface area contributed by atoms with E-state index in [1.165, 1.54) is 17.0 Å². The number of sulfone groups is 1. The molecule has 2 saturated carbocycles. The molecule has 2 N–H and O–H groups in total. The van der Waals surface area contributed by atoms with Gasteiger partial charge in [0.15, 0.2) is 27.2 Å². The minimum Gasteiger partial charge on any atom is -0.369 e. The summed E-state index contributed by atoms with van der Waals surface area (Å²) in [7, 11) is -3.46. The molecule has 1 aliphatic heterocycles. The van der Waals surface area contributed by atoms with E-state index in [0.29, 0.717) is 42.1 Å². The van der Waals surface area contributed by atoms with Gasteiger partial charge >= 0.3 is 0 Å². The average Bonchev–Trinajstić information content (AvgIpc) is 3.98. The number of halogens is 3. The number of hydrogen-bond donors (Lipinski definition) is 1. The van der Waals surface area contributed by atoms with Crippen molar-refractivity contribution in [3.05, 3.63) is 77.0 Å². The topological polar surface area (TPSA) is 154 Å². The number of aliphatic imine (C=N–C) groups is 1. The molecule has 2 fully saturated rings. The van der Waals surface area contributed by atoms with Gasteiger partial charge in [0.1, 0.15) is 12.0 Å². The number of alkyl halides is 2. The highest BCUT2D eigenvalue weighted by molar-refractivity contribution is 7.92. The van der Waals surface area contributed by atoms with E-state index in [2.05, 4.69) is 20.3 Å². The van der Waals surface area contributed by atoms with Crippen LogP contribution in [-0.2, 0) is 20.2 Å². The number of amides is 1. The second-order valence-electron chi connectivity index (χ2n) is 14.5. The molecule has 264 valence electrons. The highest BCUT2D eigenvalue weighted by atomic mass is 35.5. The largest absolute Gasteiger partial charge is 0.369 e. The van der Waals surface area contributed by atoms with E-state index in [1.807, 2.05) is 45.0 Å². The summed E-state index contributed by atoms with van der Waals surface area (Å²) >= 11 is 6.49. The molecule has 2 aliphatic carbocycles. The predicted octanol–water partition coefficient (Wildman–Crippen LogP) is 5.95. The zero-order chi connectivity index (χ0) is 35.6. The molecule has 1 amide bonds. The Hall–Kier alpha value is -4.24. The molecule has 2 aromatic heterocycles. The van der Waals surface area contributed by atoms with E-state index in [0.717, 1.165) is 29.4 Å². The predicted molar refractivity (Wildman–Crippen MR) is 183 cm³/mol. The fourth-order valence-corrected chi connectivity index (χ4v) is 8.62. The Balaban J connectivity index is 1.29. The van der Waals surface area contributed by atoms with Crippen molar-refractivity contribution in [1.29, 1.82) is 0 Å². The molecule has 3 aliphatic rings. The molecule has 4 aromatic rings. The first-order chi connectivity index (χ1) is 23.7. The number of carbonyl (C=O) groups is 1. The molecule has 50 heavy (non-hydrogen) atoms. The van der Waals surface area contributed by atoms with Crippen LogP contribution in [0.3, 0.4) is 0 Å². The van der Waals surface area contributed by atoms with E-state index >= 15 is 0 Å². The Bertz CT molecular complexity index is 2070. The lowest BCUT2D eigenvalue weighted by molar-refractivity contribution is -0.134. The van der Waals surface area contributed by atoms with Crippen molar-refractivity contribution in [3.8, 4) is 16.9 Å². The van der Waals surface area contributed by atoms with Gasteiger partial charge in [-0.05, 0) is 67.2 Å². The summed E-state index contributed by atoms with van der Waals surface area (Å²) in [6, 6.07) is 11.5. The van der Waals surface area contributed by atoms with Crippen LogP contribution in [0, 0.1) is 5.41 Å².